The van der Waals surface area contributed by atoms with Crippen LogP contribution in [-0.2, 0) is 9.53 Å². The first-order valence-electron chi connectivity index (χ1n) is 11.4. The number of aromatic amines is 1. The molecule has 34 heavy (non-hydrogen) atoms. The number of H-pyrrole nitrogens is 1. The van der Waals surface area contributed by atoms with Gasteiger partial charge in [0.15, 0.2) is 0 Å². The van der Waals surface area contributed by atoms with Crippen molar-refractivity contribution in [3.63, 3.8) is 0 Å². The summed E-state index contributed by atoms with van der Waals surface area (Å²) in [5.74, 6) is -0.737. The van der Waals surface area contributed by atoms with E-state index in [1.165, 1.54) is 6.07 Å². The van der Waals surface area contributed by atoms with Gasteiger partial charge < -0.3 is 15.0 Å². The van der Waals surface area contributed by atoms with Crippen molar-refractivity contribution >= 4 is 34.8 Å². The Kier molecular flexibility index (Phi) is 9.15. The number of nitrogens with zero attached hydrogens (tertiary/aromatic N) is 2. The number of ether oxygens (including phenoxy) is 1. The summed E-state index contributed by atoms with van der Waals surface area (Å²) in [5.41, 5.74) is 0.953. The summed E-state index contributed by atoms with van der Waals surface area (Å²) >= 11 is 0. The predicted octanol–water partition coefficient (Wildman–Crippen LogP) is 4.37. The fourth-order valence-corrected chi connectivity index (χ4v) is 4.35. The van der Waals surface area contributed by atoms with Gasteiger partial charge in [-0.05, 0) is 63.0 Å². The monoisotopic (exact) mass is 488 g/mol. The van der Waals surface area contributed by atoms with Crippen LogP contribution in [0.3, 0.4) is 0 Å². The SMILES string of the molecule is COC1CCCN(CCCCC(=O)Nc2cc(-c3n[nH]c(=O)c4ccccc34)ccc2F)C1.Cl. The van der Waals surface area contributed by atoms with Gasteiger partial charge in [-0.2, -0.15) is 5.10 Å². The summed E-state index contributed by atoms with van der Waals surface area (Å²) < 4.78 is 19.9. The first-order valence-corrected chi connectivity index (χ1v) is 11.4. The zero-order valence-electron chi connectivity index (χ0n) is 19.2. The lowest BCUT2D eigenvalue weighted by molar-refractivity contribution is -0.116. The number of nitrogens with one attached hydrogen (secondary N) is 2. The Morgan fingerprint density at radius 1 is 1.24 bits per heavy atom. The van der Waals surface area contributed by atoms with Gasteiger partial charge in [0.2, 0.25) is 5.91 Å². The molecule has 4 rings (SSSR count). The molecule has 1 aliphatic heterocycles. The Morgan fingerprint density at radius 2 is 2.03 bits per heavy atom. The van der Waals surface area contributed by atoms with Crippen LogP contribution < -0.4 is 10.9 Å². The molecule has 2 N–H and O–H groups in total. The molecular weight excluding hydrogens is 459 g/mol. The zero-order valence-corrected chi connectivity index (χ0v) is 20.0. The lowest BCUT2D eigenvalue weighted by Gasteiger charge is -2.31. The summed E-state index contributed by atoms with van der Waals surface area (Å²) in [6.07, 6.45) is 4.49. The van der Waals surface area contributed by atoms with Crippen LogP contribution in [0.15, 0.2) is 47.3 Å². The minimum absolute atomic E-state index is 0. The molecule has 182 valence electrons. The number of halogens is 2. The van der Waals surface area contributed by atoms with Crippen LogP contribution in [0.5, 0.6) is 0 Å². The fraction of sp³-hybridized carbons (Fsp3) is 0.400. The molecule has 3 aromatic rings. The number of amides is 1. The number of benzene rings is 2. The lowest BCUT2D eigenvalue weighted by Crippen LogP contribution is -2.39. The molecule has 0 bridgehead atoms. The molecule has 0 radical (unpaired) electrons. The van der Waals surface area contributed by atoms with E-state index in [4.69, 9.17) is 4.74 Å². The maximum absolute atomic E-state index is 14.4. The van der Waals surface area contributed by atoms with Crippen LogP contribution in [0.1, 0.15) is 32.1 Å². The average Bonchev–Trinajstić information content (AvgIpc) is 2.84. The van der Waals surface area contributed by atoms with E-state index in [0.29, 0.717) is 34.6 Å². The summed E-state index contributed by atoms with van der Waals surface area (Å²) in [6, 6.07) is 11.5. The highest BCUT2D eigenvalue weighted by Crippen LogP contribution is 2.28. The third-order valence-electron chi connectivity index (χ3n) is 6.13. The second kappa shape index (κ2) is 12.1. The van der Waals surface area contributed by atoms with Crippen molar-refractivity contribution in [1.29, 1.82) is 0 Å². The lowest BCUT2D eigenvalue weighted by atomic mass is 10.0. The largest absolute Gasteiger partial charge is 0.380 e. The maximum atomic E-state index is 14.4. The third kappa shape index (κ3) is 6.20. The number of anilines is 1. The van der Waals surface area contributed by atoms with Gasteiger partial charge in [-0.25, -0.2) is 9.49 Å². The molecule has 1 saturated heterocycles. The van der Waals surface area contributed by atoms with Gasteiger partial charge >= 0.3 is 0 Å². The van der Waals surface area contributed by atoms with E-state index in [9.17, 15) is 14.0 Å². The molecule has 2 aromatic carbocycles. The molecule has 1 fully saturated rings. The minimum Gasteiger partial charge on any atom is -0.380 e. The van der Waals surface area contributed by atoms with E-state index in [1.54, 1.807) is 37.4 Å². The number of likely N-dealkylation sites (tertiary alicyclic amines) is 1. The molecule has 1 aromatic heterocycles. The van der Waals surface area contributed by atoms with Crippen molar-refractivity contribution in [3.8, 4) is 11.3 Å². The number of carbonyl (C=O) groups is 1. The van der Waals surface area contributed by atoms with Gasteiger partial charge in [-0.1, -0.05) is 18.2 Å². The van der Waals surface area contributed by atoms with Gasteiger partial charge in [-0.3, -0.25) is 9.59 Å². The molecule has 1 aliphatic rings. The van der Waals surface area contributed by atoms with E-state index in [-0.39, 0.29) is 29.6 Å². The quantitative estimate of drug-likeness (QED) is 0.460. The van der Waals surface area contributed by atoms with E-state index < -0.39 is 5.82 Å². The Morgan fingerprint density at radius 3 is 2.82 bits per heavy atom. The number of fused-ring (bicyclic) bond motifs is 1. The highest BCUT2D eigenvalue weighted by molar-refractivity contribution is 5.95. The Balaban J connectivity index is 0.00000324. The summed E-state index contributed by atoms with van der Waals surface area (Å²) in [6.45, 7) is 2.94. The molecule has 1 atom stereocenters. The topological polar surface area (TPSA) is 87.3 Å². The fourth-order valence-electron chi connectivity index (χ4n) is 4.35. The first kappa shape index (κ1) is 25.8. The highest BCUT2D eigenvalue weighted by atomic mass is 35.5. The third-order valence-corrected chi connectivity index (χ3v) is 6.13. The van der Waals surface area contributed by atoms with Crippen LogP contribution in [0.25, 0.3) is 22.0 Å². The predicted molar refractivity (Wildman–Crippen MR) is 134 cm³/mol. The number of piperidine rings is 1. The number of methoxy groups -OCH3 is 1. The molecular formula is C25H30ClFN4O3. The maximum Gasteiger partial charge on any atom is 0.272 e. The van der Waals surface area contributed by atoms with Crippen LogP contribution in [0.2, 0.25) is 0 Å². The van der Waals surface area contributed by atoms with Crippen molar-refractivity contribution in [2.45, 2.75) is 38.2 Å². The summed E-state index contributed by atoms with van der Waals surface area (Å²) in [5, 5.41) is 10.5. The van der Waals surface area contributed by atoms with Crippen LogP contribution in [-0.4, -0.2) is 53.9 Å². The zero-order chi connectivity index (χ0) is 23.2. The number of aromatic nitrogens is 2. The van der Waals surface area contributed by atoms with Gasteiger partial charge in [0.05, 0.1) is 22.9 Å². The van der Waals surface area contributed by atoms with Gasteiger partial charge in [0, 0.05) is 31.0 Å². The van der Waals surface area contributed by atoms with Crippen LogP contribution in [0, 0.1) is 5.82 Å². The standard InChI is InChI=1S/C25H29FN4O3.ClH/c1-33-18-7-6-14-30(16-18)13-5-4-10-23(31)27-22-15-17(11-12-21(22)26)24-19-8-2-3-9-20(19)25(32)29-28-24;/h2-3,8-9,11-12,15,18H,4-7,10,13-14,16H2,1H3,(H,27,31)(H,29,32);1H. The Hall–Kier alpha value is -2.81. The number of unbranched alkanes of at least 4 members (excludes halogenated alkanes) is 1. The van der Waals surface area contributed by atoms with Crippen molar-refractivity contribution in [2.24, 2.45) is 0 Å². The summed E-state index contributed by atoms with van der Waals surface area (Å²) in [4.78, 5) is 26.9. The molecule has 1 unspecified atom stereocenters. The second-order valence-electron chi connectivity index (χ2n) is 8.45. The number of hydrogen-bond donors (Lipinski definition) is 2. The smallest absolute Gasteiger partial charge is 0.272 e. The van der Waals surface area contributed by atoms with Crippen LogP contribution >= 0.6 is 12.4 Å². The van der Waals surface area contributed by atoms with E-state index in [2.05, 4.69) is 20.4 Å². The van der Waals surface area contributed by atoms with E-state index in [1.807, 2.05) is 6.07 Å². The van der Waals surface area contributed by atoms with Crippen molar-refractivity contribution in [1.82, 2.24) is 15.1 Å². The highest BCUT2D eigenvalue weighted by Gasteiger charge is 2.19. The van der Waals surface area contributed by atoms with Gasteiger partial charge in [-0.15, -0.1) is 12.4 Å². The molecule has 0 aliphatic carbocycles. The van der Waals surface area contributed by atoms with Crippen molar-refractivity contribution < 1.29 is 13.9 Å². The van der Waals surface area contributed by atoms with Crippen LogP contribution in [0.4, 0.5) is 10.1 Å². The average molecular weight is 489 g/mol. The molecule has 1 amide bonds. The second-order valence-corrected chi connectivity index (χ2v) is 8.45. The van der Waals surface area contributed by atoms with E-state index in [0.717, 1.165) is 45.3 Å². The number of rotatable bonds is 8. The van der Waals surface area contributed by atoms with Crippen molar-refractivity contribution in [2.75, 3.05) is 32.1 Å². The molecule has 2 heterocycles. The van der Waals surface area contributed by atoms with Crippen molar-refractivity contribution in [3.05, 3.63) is 58.6 Å². The molecule has 9 heteroatoms. The summed E-state index contributed by atoms with van der Waals surface area (Å²) in [7, 11) is 1.75. The van der Waals surface area contributed by atoms with Gasteiger partial charge in [0.1, 0.15) is 5.82 Å². The van der Waals surface area contributed by atoms with Gasteiger partial charge in [0.25, 0.3) is 5.56 Å². The molecule has 0 saturated carbocycles. The molecule has 7 nitrogen and oxygen atoms in total. The number of hydrogen-bond acceptors (Lipinski definition) is 5. The normalized spacial score (nSPS) is 16.2. The Bertz CT molecular complexity index is 1190. The number of carbonyl (C=O) groups excluding carboxylic acids is 1. The van der Waals surface area contributed by atoms with E-state index >= 15 is 0 Å². The first-order chi connectivity index (χ1) is 16.0. The minimum atomic E-state index is -0.514. The molecule has 0 spiro atoms. The Labute approximate surface area is 204 Å².